The first kappa shape index (κ1) is 18.6. The first-order valence-corrected chi connectivity index (χ1v) is 8.33. The summed E-state index contributed by atoms with van der Waals surface area (Å²) in [6.45, 7) is 6.98. The zero-order valence-electron chi connectivity index (χ0n) is 14.5. The van der Waals surface area contributed by atoms with Gasteiger partial charge in [-0.1, -0.05) is 26.8 Å². The van der Waals surface area contributed by atoms with Crippen molar-refractivity contribution in [2.45, 2.75) is 39.7 Å². The molecule has 1 saturated heterocycles. The number of nitrogens with one attached hydrogen (secondary N) is 1. The summed E-state index contributed by atoms with van der Waals surface area (Å²) in [5.74, 6) is -1.06. The molecule has 0 radical (unpaired) electrons. The normalized spacial score (nSPS) is 17.7. The van der Waals surface area contributed by atoms with Crippen LogP contribution in [-0.2, 0) is 0 Å². The summed E-state index contributed by atoms with van der Waals surface area (Å²) >= 11 is 0. The fourth-order valence-electron chi connectivity index (χ4n) is 3.03. The number of hydrogen-bond acceptors (Lipinski definition) is 2. The number of benzene rings is 1. The van der Waals surface area contributed by atoms with Crippen molar-refractivity contribution in [2.75, 3.05) is 19.7 Å². The lowest BCUT2D eigenvalue weighted by Crippen LogP contribution is -2.48. The van der Waals surface area contributed by atoms with E-state index in [1.807, 2.05) is 20.8 Å². The Morgan fingerprint density at radius 3 is 2.46 bits per heavy atom. The molecule has 1 aliphatic rings. The number of likely N-dealkylation sites (tertiary alicyclic amines) is 1. The third kappa shape index (κ3) is 4.44. The molecule has 0 bridgehead atoms. The Balaban J connectivity index is 2.14. The predicted octanol–water partition coefficient (Wildman–Crippen LogP) is 3.47. The van der Waals surface area contributed by atoms with E-state index in [4.69, 9.17) is 0 Å². The number of aliphatic hydroxyl groups is 1. The van der Waals surface area contributed by atoms with Crippen LogP contribution in [0, 0.1) is 23.0 Å². The van der Waals surface area contributed by atoms with Crippen molar-refractivity contribution in [1.82, 2.24) is 10.2 Å². The van der Waals surface area contributed by atoms with Crippen molar-refractivity contribution in [2.24, 2.45) is 11.3 Å². The highest BCUT2D eigenvalue weighted by molar-refractivity contribution is 5.75. The molecule has 134 valence electrons. The van der Waals surface area contributed by atoms with Gasteiger partial charge in [0.2, 0.25) is 0 Å². The monoisotopic (exact) mass is 340 g/mol. The lowest BCUT2D eigenvalue weighted by atomic mass is 9.82. The molecule has 4 nitrogen and oxygen atoms in total. The van der Waals surface area contributed by atoms with Crippen LogP contribution >= 0.6 is 0 Å². The lowest BCUT2D eigenvalue weighted by molar-refractivity contribution is 0.130. The van der Waals surface area contributed by atoms with Crippen LogP contribution in [0.2, 0.25) is 0 Å². The Kier molecular flexibility index (Phi) is 5.80. The molecule has 1 aromatic rings. The Morgan fingerprint density at radius 1 is 1.33 bits per heavy atom. The Hall–Kier alpha value is -1.69. The van der Waals surface area contributed by atoms with E-state index < -0.39 is 23.1 Å². The fraction of sp³-hybridized carbons (Fsp3) is 0.611. The van der Waals surface area contributed by atoms with Gasteiger partial charge >= 0.3 is 6.03 Å². The maximum absolute atomic E-state index is 14.2. The molecule has 0 aliphatic carbocycles. The lowest BCUT2D eigenvalue weighted by Gasteiger charge is -2.36. The number of nitrogens with zero attached hydrogens (tertiary/aromatic N) is 1. The van der Waals surface area contributed by atoms with Crippen LogP contribution in [0.4, 0.5) is 13.6 Å². The maximum atomic E-state index is 14.2. The number of urea groups is 1. The van der Waals surface area contributed by atoms with E-state index in [0.29, 0.717) is 13.1 Å². The van der Waals surface area contributed by atoms with Gasteiger partial charge in [0.05, 0.1) is 6.04 Å². The molecule has 6 heteroatoms. The van der Waals surface area contributed by atoms with Gasteiger partial charge in [-0.25, -0.2) is 13.6 Å². The molecule has 0 aromatic heterocycles. The van der Waals surface area contributed by atoms with Crippen molar-refractivity contribution >= 4 is 6.03 Å². The van der Waals surface area contributed by atoms with Gasteiger partial charge in [0, 0.05) is 31.3 Å². The minimum atomic E-state index is -0.658. The summed E-state index contributed by atoms with van der Waals surface area (Å²) in [6, 6.07) is 2.61. The molecular weight excluding hydrogens is 314 g/mol. The summed E-state index contributed by atoms with van der Waals surface area (Å²) in [4.78, 5) is 14.2. The molecule has 0 saturated carbocycles. The van der Waals surface area contributed by atoms with E-state index in [2.05, 4.69) is 5.32 Å². The van der Waals surface area contributed by atoms with Crippen LogP contribution in [0.5, 0.6) is 0 Å². The zero-order chi connectivity index (χ0) is 17.9. The largest absolute Gasteiger partial charge is 0.396 e. The third-order valence-corrected chi connectivity index (χ3v) is 4.57. The number of halogens is 2. The van der Waals surface area contributed by atoms with Crippen LogP contribution < -0.4 is 5.32 Å². The minimum absolute atomic E-state index is 0.140. The molecule has 1 aromatic carbocycles. The standard InChI is InChI=1S/C18H26F2N2O2/c1-18(2,3)16(14-5-4-13(19)10-15(14)20)21-17(24)22-8-6-12(11-23)7-9-22/h4-5,10,12,16,23H,6-9,11H2,1-3H3,(H,21,24). The molecule has 2 N–H and O–H groups in total. The molecule has 1 fully saturated rings. The van der Waals surface area contributed by atoms with Crippen molar-refractivity contribution in [3.63, 3.8) is 0 Å². The summed E-state index contributed by atoms with van der Waals surface area (Å²) in [7, 11) is 0. The highest BCUT2D eigenvalue weighted by Gasteiger charge is 2.32. The van der Waals surface area contributed by atoms with Crippen LogP contribution in [0.15, 0.2) is 18.2 Å². The molecule has 24 heavy (non-hydrogen) atoms. The number of piperidine rings is 1. The molecule has 2 amide bonds. The Morgan fingerprint density at radius 2 is 1.96 bits per heavy atom. The highest BCUT2D eigenvalue weighted by atomic mass is 19.1. The van der Waals surface area contributed by atoms with Crippen LogP contribution in [0.25, 0.3) is 0 Å². The van der Waals surface area contributed by atoms with Gasteiger partial charge < -0.3 is 15.3 Å². The van der Waals surface area contributed by atoms with Gasteiger partial charge in [0.25, 0.3) is 0 Å². The summed E-state index contributed by atoms with van der Waals surface area (Å²) in [5, 5.41) is 12.1. The highest BCUT2D eigenvalue weighted by Crippen LogP contribution is 2.34. The van der Waals surface area contributed by atoms with Gasteiger partial charge in [0.1, 0.15) is 11.6 Å². The minimum Gasteiger partial charge on any atom is -0.396 e. The summed E-state index contributed by atoms with van der Waals surface area (Å²) in [6.07, 6.45) is 1.52. The summed E-state index contributed by atoms with van der Waals surface area (Å²) in [5.41, 5.74) is -0.153. The second-order valence-corrected chi connectivity index (χ2v) is 7.53. The van der Waals surface area contributed by atoms with Crippen LogP contribution in [0.1, 0.15) is 45.2 Å². The van der Waals surface area contributed by atoms with E-state index in [-0.39, 0.29) is 24.1 Å². The van der Waals surface area contributed by atoms with Crippen molar-refractivity contribution in [3.05, 3.63) is 35.4 Å². The number of hydrogen-bond donors (Lipinski definition) is 2. The topological polar surface area (TPSA) is 52.6 Å². The molecule has 2 rings (SSSR count). The first-order valence-electron chi connectivity index (χ1n) is 8.33. The van der Waals surface area contributed by atoms with Crippen LogP contribution in [0.3, 0.4) is 0 Å². The van der Waals surface area contributed by atoms with Gasteiger partial charge in [-0.3, -0.25) is 0 Å². The third-order valence-electron chi connectivity index (χ3n) is 4.57. The van der Waals surface area contributed by atoms with Gasteiger partial charge in [0.15, 0.2) is 0 Å². The van der Waals surface area contributed by atoms with E-state index in [9.17, 15) is 18.7 Å². The van der Waals surface area contributed by atoms with Gasteiger partial charge in [-0.15, -0.1) is 0 Å². The van der Waals surface area contributed by atoms with Gasteiger partial charge in [-0.05, 0) is 30.2 Å². The van der Waals surface area contributed by atoms with Crippen molar-refractivity contribution < 1.29 is 18.7 Å². The smallest absolute Gasteiger partial charge is 0.317 e. The molecule has 1 unspecified atom stereocenters. The number of amides is 2. The fourth-order valence-corrected chi connectivity index (χ4v) is 3.03. The predicted molar refractivity (Wildman–Crippen MR) is 88.5 cm³/mol. The average Bonchev–Trinajstić information content (AvgIpc) is 2.52. The van der Waals surface area contributed by atoms with E-state index in [1.54, 1.807) is 4.90 Å². The molecule has 1 atom stereocenters. The quantitative estimate of drug-likeness (QED) is 0.885. The Bertz CT molecular complexity index is 579. The van der Waals surface area contributed by atoms with E-state index in [0.717, 1.165) is 18.9 Å². The first-order chi connectivity index (χ1) is 11.2. The maximum Gasteiger partial charge on any atom is 0.317 e. The Labute approximate surface area is 141 Å². The zero-order valence-corrected chi connectivity index (χ0v) is 14.5. The van der Waals surface area contributed by atoms with E-state index >= 15 is 0 Å². The number of aliphatic hydroxyl groups excluding tert-OH is 1. The number of carbonyl (C=O) groups is 1. The van der Waals surface area contributed by atoms with Crippen molar-refractivity contribution in [3.8, 4) is 0 Å². The second-order valence-electron chi connectivity index (χ2n) is 7.53. The molecule has 1 aliphatic heterocycles. The molecular formula is C18H26F2N2O2. The van der Waals surface area contributed by atoms with E-state index in [1.165, 1.54) is 12.1 Å². The molecule has 0 spiro atoms. The van der Waals surface area contributed by atoms with Crippen LogP contribution in [-0.4, -0.2) is 35.7 Å². The summed E-state index contributed by atoms with van der Waals surface area (Å²) < 4.78 is 27.4. The van der Waals surface area contributed by atoms with Gasteiger partial charge in [-0.2, -0.15) is 0 Å². The average molecular weight is 340 g/mol. The molecule has 1 heterocycles. The SMILES string of the molecule is CC(C)(C)C(NC(=O)N1CCC(CO)CC1)c1ccc(F)cc1F. The second kappa shape index (κ2) is 7.47. The number of carbonyl (C=O) groups excluding carboxylic acids is 1. The number of rotatable bonds is 3. The van der Waals surface area contributed by atoms with Crippen molar-refractivity contribution in [1.29, 1.82) is 0 Å².